The van der Waals surface area contributed by atoms with Crippen LogP contribution < -0.4 is 11.1 Å². The first-order valence-electron chi connectivity index (χ1n) is 4.80. The molecule has 14 heavy (non-hydrogen) atoms. The Hall–Kier alpha value is -0.650. The van der Waals surface area contributed by atoms with Gasteiger partial charge in [-0.3, -0.25) is 4.79 Å². The van der Waals surface area contributed by atoms with E-state index >= 15 is 0 Å². The summed E-state index contributed by atoms with van der Waals surface area (Å²) < 4.78 is 0. The average molecular weight is 202 g/mol. The summed E-state index contributed by atoms with van der Waals surface area (Å²) in [7, 11) is 0. The van der Waals surface area contributed by atoms with Crippen LogP contribution in [0, 0.1) is 0 Å². The van der Waals surface area contributed by atoms with Gasteiger partial charge in [-0.15, -0.1) is 0 Å². The first-order chi connectivity index (χ1) is 6.40. The van der Waals surface area contributed by atoms with Crippen molar-refractivity contribution in [2.24, 2.45) is 5.73 Å². The van der Waals surface area contributed by atoms with Crippen molar-refractivity contribution in [3.8, 4) is 0 Å². The summed E-state index contributed by atoms with van der Waals surface area (Å²) in [6.07, 6.45) is 2.36. The molecular formula is C9H18N2O3. The molecule has 1 aliphatic carbocycles. The summed E-state index contributed by atoms with van der Waals surface area (Å²) in [5.41, 5.74) is 3.75. The van der Waals surface area contributed by atoms with Crippen molar-refractivity contribution in [3.05, 3.63) is 0 Å². The van der Waals surface area contributed by atoms with Gasteiger partial charge in [0.1, 0.15) is 5.60 Å². The van der Waals surface area contributed by atoms with Crippen LogP contribution in [0.1, 0.15) is 26.2 Å². The molecular weight excluding hydrogens is 184 g/mol. The maximum absolute atomic E-state index is 11.5. The van der Waals surface area contributed by atoms with Crippen molar-refractivity contribution < 1.29 is 15.0 Å². The van der Waals surface area contributed by atoms with Gasteiger partial charge in [0, 0.05) is 6.54 Å². The minimum Gasteiger partial charge on any atom is -0.393 e. The highest BCUT2D eigenvalue weighted by molar-refractivity contribution is 5.87. The molecule has 82 valence electrons. The van der Waals surface area contributed by atoms with Crippen molar-refractivity contribution in [2.75, 3.05) is 13.2 Å². The lowest BCUT2D eigenvalue weighted by molar-refractivity contribution is -0.130. The van der Waals surface area contributed by atoms with Gasteiger partial charge in [0.25, 0.3) is 0 Å². The van der Waals surface area contributed by atoms with E-state index in [-0.39, 0.29) is 19.1 Å². The Morgan fingerprint density at radius 1 is 1.64 bits per heavy atom. The molecule has 1 fully saturated rings. The van der Waals surface area contributed by atoms with Crippen LogP contribution in [-0.2, 0) is 4.79 Å². The van der Waals surface area contributed by atoms with Crippen LogP contribution in [0.4, 0.5) is 0 Å². The highest BCUT2D eigenvalue weighted by Gasteiger charge is 2.40. The molecule has 0 heterocycles. The maximum Gasteiger partial charge on any atom is 0.240 e. The zero-order chi connectivity index (χ0) is 10.8. The third-order valence-electron chi connectivity index (χ3n) is 2.67. The molecule has 1 saturated carbocycles. The van der Waals surface area contributed by atoms with E-state index in [2.05, 4.69) is 5.32 Å². The second-order valence-electron chi connectivity index (χ2n) is 4.35. The minimum atomic E-state index is -1.27. The van der Waals surface area contributed by atoms with Gasteiger partial charge in [-0.05, 0) is 26.2 Å². The van der Waals surface area contributed by atoms with Crippen molar-refractivity contribution in [2.45, 2.75) is 37.3 Å². The molecule has 0 aliphatic heterocycles. The summed E-state index contributed by atoms with van der Waals surface area (Å²) in [4.78, 5) is 11.5. The number of rotatable bonds is 4. The number of carbonyl (C=O) groups excluding carboxylic acids is 1. The fourth-order valence-electron chi connectivity index (χ4n) is 1.29. The van der Waals surface area contributed by atoms with Gasteiger partial charge in [0.15, 0.2) is 0 Å². The highest BCUT2D eigenvalue weighted by atomic mass is 16.3. The van der Waals surface area contributed by atoms with Crippen LogP contribution in [0.2, 0.25) is 0 Å². The smallest absolute Gasteiger partial charge is 0.240 e. The molecule has 5 heteroatoms. The number of aliphatic hydroxyl groups excluding tert-OH is 1. The van der Waals surface area contributed by atoms with Crippen LogP contribution >= 0.6 is 0 Å². The van der Waals surface area contributed by atoms with E-state index < -0.39 is 11.1 Å². The van der Waals surface area contributed by atoms with E-state index in [1.165, 1.54) is 6.92 Å². The van der Waals surface area contributed by atoms with E-state index in [1.54, 1.807) is 0 Å². The van der Waals surface area contributed by atoms with Gasteiger partial charge in [-0.25, -0.2) is 0 Å². The summed E-state index contributed by atoms with van der Waals surface area (Å²) >= 11 is 0. The predicted molar refractivity (Wildman–Crippen MR) is 51.5 cm³/mol. The largest absolute Gasteiger partial charge is 0.393 e. The van der Waals surface area contributed by atoms with Gasteiger partial charge in [-0.2, -0.15) is 0 Å². The van der Waals surface area contributed by atoms with E-state index in [9.17, 15) is 9.90 Å². The summed E-state index contributed by atoms with van der Waals surface area (Å²) in [5, 5.41) is 20.7. The molecule has 1 rings (SSSR count). The van der Waals surface area contributed by atoms with Crippen molar-refractivity contribution in [1.82, 2.24) is 5.32 Å². The van der Waals surface area contributed by atoms with Crippen LogP contribution in [0.3, 0.4) is 0 Å². The fourth-order valence-corrected chi connectivity index (χ4v) is 1.29. The number of amides is 1. The number of carbonyl (C=O) groups is 1. The zero-order valence-corrected chi connectivity index (χ0v) is 8.42. The Bertz CT molecular complexity index is 224. The summed E-state index contributed by atoms with van der Waals surface area (Å²) in [6, 6.07) is 0. The number of hydrogen-bond donors (Lipinski definition) is 4. The molecule has 0 aromatic rings. The highest BCUT2D eigenvalue weighted by Crippen LogP contribution is 2.29. The zero-order valence-electron chi connectivity index (χ0n) is 8.42. The van der Waals surface area contributed by atoms with Gasteiger partial charge < -0.3 is 21.3 Å². The number of aliphatic hydroxyl groups is 2. The standard InChI is InChI=1S/C9H18N2O3/c1-8(14,6-12)5-11-7(13)9(10)3-2-4-9/h12,14H,2-6,10H2,1H3,(H,11,13). The molecule has 0 saturated heterocycles. The van der Waals surface area contributed by atoms with Gasteiger partial charge in [-0.1, -0.05) is 0 Å². The lowest BCUT2D eigenvalue weighted by Crippen LogP contribution is -2.60. The fraction of sp³-hybridized carbons (Fsp3) is 0.889. The van der Waals surface area contributed by atoms with Gasteiger partial charge >= 0.3 is 0 Å². The third kappa shape index (κ3) is 2.43. The normalized spacial score (nSPS) is 23.4. The molecule has 5 N–H and O–H groups in total. The topological polar surface area (TPSA) is 95.6 Å². The maximum atomic E-state index is 11.5. The Kier molecular flexibility index (Phi) is 3.14. The van der Waals surface area contributed by atoms with E-state index in [4.69, 9.17) is 10.8 Å². The lowest BCUT2D eigenvalue weighted by atomic mass is 9.77. The van der Waals surface area contributed by atoms with E-state index in [1.807, 2.05) is 0 Å². The average Bonchev–Trinajstić information content (AvgIpc) is 2.10. The van der Waals surface area contributed by atoms with Gasteiger partial charge in [0.05, 0.1) is 12.1 Å². The minimum absolute atomic E-state index is 0.0291. The molecule has 0 bridgehead atoms. The van der Waals surface area contributed by atoms with E-state index in [0.29, 0.717) is 12.8 Å². The Morgan fingerprint density at radius 2 is 2.21 bits per heavy atom. The first kappa shape index (κ1) is 11.4. The second kappa shape index (κ2) is 3.84. The first-order valence-corrected chi connectivity index (χ1v) is 4.80. The van der Waals surface area contributed by atoms with Crippen LogP contribution in [0.5, 0.6) is 0 Å². The number of nitrogens with one attached hydrogen (secondary N) is 1. The van der Waals surface area contributed by atoms with E-state index in [0.717, 1.165) is 6.42 Å². The second-order valence-corrected chi connectivity index (χ2v) is 4.35. The number of nitrogens with two attached hydrogens (primary N) is 1. The SMILES string of the molecule is CC(O)(CO)CNC(=O)C1(N)CCC1. The predicted octanol–water partition coefficient (Wildman–Crippen LogP) is -1.27. The van der Waals surface area contributed by atoms with Gasteiger partial charge in [0.2, 0.25) is 5.91 Å². The van der Waals surface area contributed by atoms with Crippen molar-refractivity contribution >= 4 is 5.91 Å². The van der Waals surface area contributed by atoms with Crippen molar-refractivity contribution in [3.63, 3.8) is 0 Å². The van der Waals surface area contributed by atoms with Crippen LogP contribution in [-0.4, -0.2) is 40.4 Å². The Labute approximate surface area is 83.3 Å². The molecule has 1 unspecified atom stereocenters. The lowest BCUT2D eigenvalue weighted by Gasteiger charge is -2.37. The molecule has 1 amide bonds. The third-order valence-corrected chi connectivity index (χ3v) is 2.67. The monoisotopic (exact) mass is 202 g/mol. The van der Waals surface area contributed by atoms with Crippen LogP contribution in [0.15, 0.2) is 0 Å². The summed E-state index contributed by atoms with van der Waals surface area (Å²) in [5.74, 6) is -0.238. The molecule has 0 radical (unpaired) electrons. The molecule has 0 spiro atoms. The molecule has 5 nitrogen and oxygen atoms in total. The number of hydrogen-bond acceptors (Lipinski definition) is 4. The Morgan fingerprint density at radius 3 is 2.57 bits per heavy atom. The van der Waals surface area contributed by atoms with Crippen LogP contribution in [0.25, 0.3) is 0 Å². The molecule has 0 aromatic heterocycles. The Balaban J connectivity index is 2.35. The molecule has 1 atom stereocenters. The summed E-state index contributed by atoms with van der Waals surface area (Å²) in [6.45, 7) is 1.10. The van der Waals surface area contributed by atoms with Crippen molar-refractivity contribution in [1.29, 1.82) is 0 Å². The molecule has 0 aromatic carbocycles. The quantitative estimate of drug-likeness (QED) is 0.457. The molecule has 1 aliphatic rings.